The molecule has 1 atom stereocenters. The van der Waals surface area contributed by atoms with E-state index in [-0.39, 0.29) is 37.4 Å². The van der Waals surface area contributed by atoms with E-state index >= 15 is 0 Å². The highest BCUT2D eigenvalue weighted by Gasteiger charge is 2.32. The van der Waals surface area contributed by atoms with Crippen LogP contribution in [0.15, 0.2) is 78.9 Å². The molecule has 2 amide bonds. The highest BCUT2D eigenvalue weighted by molar-refractivity contribution is 7.92. The molecule has 3 aromatic rings. The SMILES string of the molecule is CCOc1ccc(N(CCCC(=O)N(Cc2cccc(C)c2)[C@@H](Cc2ccccc2)C(=O)NC2CCCCC2)S(C)(=O)=O)cc1. The number of benzene rings is 3. The minimum atomic E-state index is -3.60. The van der Waals surface area contributed by atoms with Crippen LogP contribution in [0.2, 0.25) is 0 Å². The van der Waals surface area contributed by atoms with E-state index in [0.717, 1.165) is 42.4 Å². The van der Waals surface area contributed by atoms with Crippen LogP contribution in [0.4, 0.5) is 5.69 Å². The third-order valence-corrected chi connectivity index (χ3v) is 9.44. The molecule has 0 bridgehead atoms. The predicted molar refractivity (Wildman–Crippen MR) is 180 cm³/mol. The molecule has 0 radical (unpaired) electrons. The van der Waals surface area contributed by atoms with Crippen molar-refractivity contribution in [1.82, 2.24) is 10.2 Å². The number of sulfonamides is 1. The Labute approximate surface area is 268 Å². The number of anilines is 1. The largest absolute Gasteiger partial charge is 0.494 e. The minimum Gasteiger partial charge on any atom is -0.494 e. The second-order valence-corrected chi connectivity index (χ2v) is 13.8. The van der Waals surface area contributed by atoms with Gasteiger partial charge < -0.3 is 15.0 Å². The summed E-state index contributed by atoms with van der Waals surface area (Å²) in [6, 6.07) is 24.1. The summed E-state index contributed by atoms with van der Waals surface area (Å²) in [7, 11) is -3.60. The maximum atomic E-state index is 14.1. The summed E-state index contributed by atoms with van der Waals surface area (Å²) in [5, 5.41) is 3.27. The molecule has 0 unspecified atom stereocenters. The van der Waals surface area contributed by atoms with Gasteiger partial charge in [0.1, 0.15) is 11.8 Å². The van der Waals surface area contributed by atoms with E-state index in [4.69, 9.17) is 4.74 Å². The monoisotopic (exact) mass is 633 g/mol. The average molecular weight is 634 g/mol. The van der Waals surface area contributed by atoms with Crippen LogP contribution in [0.5, 0.6) is 5.75 Å². The maximum Gasteiger partial charge on any atom is 0.243 e. The number of aryl methyl sites for hydroxylation is 1. The molecule has 0 spiro atoms. The van der Waals surface area contributed by atoms with Crippen molar-refractivity contribution in [3.05, 3.63) is 95.6 Å². The summed E-state index contributed by atoms with van der Waals surface area (Å²) < 4.78 is 32.3. The molecule has 3 aromatic carbocycles. The molecule has 0 saturated heterocycles. The zero-order chi connectivity index (χ0) is 32.2. The van der Waals surface area contributed by atoms with E-state index in [2.05, 4.69) is 5.32 Å². The molecule has 1 aliphatic rings. The molecule has 1 fully saturated rings. The first-order chi connectivity index (χ1) is 21.6. The Hall–Kier alpha value is -3.85. The van der Waals surface area contributed by atoms with Crippen molar-refractivity contribution in [1.29, 1.82) is 0 Å². The molecule has 1 aliphatic carbocycles. The molecule has 8 nitrogen and oxygen atoms in total. The zero-order valence-corrected chi connectivity index (χ0v) is 27.6. The Kier molecular flexibility index (Phi) is 12.4. The molecule has 45 heavy (non-hydrogen) atoms. The maximum absolute atomic E-state index is 14.1. The summed E-state index contributed by atoms with van der Waals surface area (Å²) in [6.45, 7) is 4.83. The molecule has 0 heterocycles. The smallest absolute Gasteiger partial charge is 0.243 e. The van der Waals surface area contributed by atoms with Gasteiger partial charge in [-0.25, -0.2) is 8.42 Å². The van der Waals surface area contributed by atoms with Gasteiger partial charge in [-0.05, 0) is 68.5 Å². The van der Waals surface area contributed by atoms with Crippen LogP contribution in [-0.2, 0) is 32.6 Å². The van der Waals surface area contributed by atoms with Crippen LogP contribution in [-0.4, -0.2) is 56.6 Å². The number of nitrogens with one attached hydrogen (secondary N) is 1. The Morgan fingerprint density at radius 2 is 1.62 bits per heavy atom. The third-order valence-electron chi connectivity index (χ3n) is 8.25. The fourth-order valence-electron chi connectivity index (χ4n) is 5.98. The van der Waals surface area contributed by atoms with Gasteiger partial charge in [0.15, 0.2) is 0 Å². The fraction of sp³-hybridized carbons (Fsp3) is 0.444. The normalized spacial score (nSPS) is 14.4. The standard InChI is InChI=1S/C36H47N3O5S/c1-4-44-33-22-20-32(21-23-33)39(45(3,42)43)24-12-19-35(40)38(27-30-16-11-13-28(2)25-30)34(26-29-14-7-5-8-15-29)36(41)37-31-17-9-6-10-18-31/h5,7-8,11,13-16,20-23,25,31,34H,4,6,9-10,12,17-19,24,26-27H2,1-3H3,(H,37,41)/t34-/m0/s1. The van der Waals surface area contributed by atoms with Gasteiger partial charge in [-0.2, -0.15) is 0 Å². The number of nitrogens with zero attached hydrogens (tertiary/aromatic N) is 2. The highest BCUT2D eigenvalue weighted by Crippen LogP contribution is 2.24. The van der Waals surface area contributed by atoms with Crippen molar-refractivity contribution in [3.63, 3.8) is 0 Å². The second-order valence-electron chi connectivity index (χ2n) is 11.9. The number of ether oxygens (including phenoxy) is 1. The summed E-state index contributed by atoms with van der Waals surface area (Å²) >= 11 is 0. The number of amides is 2. The van der Waals surface area contributed by atoms with Gasteiger partial charge in [0, 0.05) is 32.0 Å². The molecule has 1 saturated carbocycles. The average Bonchev–Trinajstić information content (AvgIpc) is 3.02. The van der Waals surface area contributed by atoms with Crippen molar-refractivity contribution in [2.24, 2.45) is 0 Å². The molecule has 0 aliphatic heterocycles. The van der Waals surface area contributed by atoms with Gasteiger partial charge >= 0.3 is 0 Å². The van der Waals surface area contributed by atoms with E-state index in [0.29, 0.717) is 30.9 Å². The van der Waals surface area contributed by atoms with Crippen LogP contribution in [0.25, 0.3) is 0 Å². The van der Waals surface area contributed by atoms with Crippen molar-refractivity contribution in [2.75, 3.05) is 23.7 Å². The zero-order valence-electron chi connectivity index (χ0n) is 26.8. The number of hydrogen-bond acceptors (Lipinski definition) is 5. The number of rotatable bonds is 15. The number of carbonyl (C=O) groups excluding carboxylic acids is 2. The minimum absolute atomic E-state index is 0.0941. The van der Waals surface area contributed by atoms with Crippen LogP contribution in [0.3, 0.4) is 0 Å². The Morgan fingerprint density at radius 1 is 0.933 bits per heavy atom. The van der Waals surface area contributed by atoms with Gasteiger partial charge in [0.05, 0.1) is 18.6 Å². The van der Waals surface area contributed by atoms with Gasteiger partial charge in [0.2, 0.25) is 21.8 Å². The van der Waals surface area contributed by atoms with Gasteiger partial charge in [-0.1, -0.05) is 79.4 Å². The van der Waals surface area contributed by atoms with Crippen molar-refractivity contribution >= 4 is 27.5 Å². The van der Waals surface area contributed by atoms with Crippen LogP contribution in [0, 0.1) is 6.92 Å². The lowest BCUT2D eigenvalue weighted by Crippen LogP contribution is -2.53. The highest BCUT2D eigenvalue weighted by atomic mass is 32.2. The van der Waals surface area contributed by atoms with Crippen molar-refractivity contribution in [2.45, 2.75) is 83.8 Å². The van der Waals surface area contributed by atoms with E-state index in [1.165, 1.54) is 17.0 Å². The molecule has 4 rings (SSSR count). The summed E-state index contributed by atoms with van der Waals surface area (Å²) in [5.74, 6) is 0.336. The van der Waals surface area contributed by atoms with Gasteiger partial charge in [0.25, 0.3) is 0 Å². The van der Waals surface area contributed by atoms with Crippen molar-refractivity contribution in [3.8, 4) is 5.75 Å². The molecule has 1 N–H and O–H groups in total. The second kappa shape index (κ2) is 16.5. The van der Waals surface area contributed by atoms with E-state index in [9.17, 15) is 18.0 Å². The van der Waals surface area contributed by atoms with E-state index < -0.39 is 16.1 Å². The first-order valence-corrected chi connectivity index (χ1v) is 17.9. The summed E-state index contributed by atoms with van der Waals surface area (Å²) in [6.07, 6.45) is 7.20. The molecule has 9 heteroatoms. The number of carbonyl (C=O) groups is 2. The Morgan fingerprint density at radius 3 is 2.27 bits per heavy atom. The first kappa shape index (κ1) is 34.0. The van der Waals surface area contributed by atoms with Crippen LogP contribution in [0.1, 0.15) is 68.6 Å². The lowest BCUT2D eigenvalue weighted by atomic mass is 9.94. The summed E-state index contributed by atoms with van der Waals surface area (Å²) in [5.41, 5.74) is 3.50. The molecule has 242 valence electrons. The topological polar surface area (TPSA) is 96.0 Å². The quantitative estimate of drug-likeness (QED) is 0.221. The van der Waals surface area contributed by atoms with E-state index in [1.807, 2.05) is 68.4 Å². The number of hydrogen-bond donors (Lipinski definition) is 1. The van der Waals surface area contributed by atoms with Crippen molar-refractivity contribution < 1.29 is 22.7 Å². The third kappa shape index (κ3) is 10.3. The van der Waals surface area contributed by atoms with Crippen LogP contribution >= 0.6 is 0 Å². The predicted octanol–water partition coefficient (Wildman–Crippen LogP) is 6.03. The van der Waals surface area contributed by atoms with Gasteiger partial charge in [-0.15, -0.1) is 0 Å². The lowest BCUT2D eigenvalue weighted by molar-refractivity contribution is -0.141. The molecular weight excluding hydrogens is 586 g/mol. The Bertz CT molecular complexity index is 1490. The molecular formula is C36H47N3O5S. The lowest BCUT2D eigenvalue weighted by Gasteiger charge is -2.34. The summed E-state index contributed by atoms with van der Waals surface area (Å²) in [4.78, 5) is 29.8. The fourth-order valence-corrected chi connectivity index (χ4v) is 6.95. The van der Waals surface area contributed by atoms with Crippen LogP contribution < -0.4 is 14.4 Å². The molecule has 0 aromatic heterocycles. The first-order valence-electron chi connectivity index (χ1n) is 16.0. The van der Waals surface area contributed by atoms with Gasteiger partial charge in [-0.3, -0.25) is 13.9 Å². The Balaban J connectivity index is 1.57. The van der Waals surface area contributed by atoms with E-state index in [1.54, 1.807) is 29.2 Å².